The summed E-state index contributed by atoms with van der Waals surface area (Å²) in [7, 11) is 0. The number of fused-ring (bicyclic) bond motifs is 1. The Morgan fingerprint density at radius 1 is 1.19 bits per heavy atom. The molecule has 138 valence electrons. The maximum absolute atomic E-state index is 12.9. The molecule has 4 heteroatoms. The van der Waals surface area contributed by atoms with Gasteiger partial charge in [0.2, 0.25) is 5.91 Å². The molecule has 0 aromatic heterocycles. The Bertz CT molecular complexity index is 886. The summed E-state index contributed by atoms with van der Waals surface area (Å²) in [4.78, 5) is 21.6. The molecule has 4 rings (SSSR count). The fourth-order valence-electron chi connectivity index (χ4n) is 3.85. The molecule has 2 aromatic rings. The van der Waals surface area contributed by atoms with E-state index in [1.54, 1.807) is 0 Å². The zero-order valence-corrected chi connectivity index (χ0v) is 15.8. The Balaban J connectivity index is 1.54. The lowest BCUT2D eigenvalue weighted by Crippen LogP contribution is -2.32. The summed E-state index contributed by atoms with van der Waals surface area (Å²) in [6.07, 6.45) is 6.56. The summed E-state index contributed by atoms with van der Waals surface area (Å²) in [5.41, 5.74) is 5.76. The van der Waals surface area contributed by atoms with Gasteiger partial charge in [0.1, 0.15) is 0 Å². The molecule has 0 saturated heterocycles. The number of amides is 1. The highest BCUT2D eigenvalue weighted by molar-refractivity contribution is 5.95. The van der Waals surface area contributed by atoms with Gasteiger partial charge >= 0.3 is 0 Å². The average Bonchev–Trinajstić information content (AvgIpc) is 3.34. The van der Waals surface area contributed by atoms with Crippen LogP contribution >= 0.6 is 0 Å². The third kappa shape index (κ3) is 3.80. The molecule has 2 heterocycles. The van der Waals surface area contributed by atoms with Crippen LogP contribution in [0.3, 0.4) is 0 Å². The number of anilines is 2. The van der Waals surface area contributed by atoms with Gasteiger partial charge in [-0.1, -0.05) is 42.5 Å². The quantitative estimate of drug-likeness (QED) is 0.781. The van der Waals surface area contributed by atoms with Crippen molar-refractivity contribution in [2.45, 2.75) is 26.2 Å². The van der Waals surface area contributed by atoms with Gasteiger partial charge in [-0.25, -0.2) is 0 Å². The van der Waals surface area contributed by atoms with Crippen LogP contribution in [0.4, 0.5) is 11.4 Å². The Labute approximate surface area is 160 Å². The number of carbonyl (C=O) groups is 1. The lowest BCUT2D eigenvalue weighted by molar-refractivity contribution is -0.117. The fourth-order valence-corrected chi connectivity index (χ4v) is 3.85. The maximum atomic E-state index is 12.9. The largest absolute Gasteiger partial charge is 0.365 e. The van der Waals surface area contributed by atoms with Gasteiger partial charge in [0.25, 0.3) is 0 Å². The van der Waals surface area contributed by atoms with E-state index in [1.807, 2.05) is 48.4 Å². The highest BCUT2D eigenvalue weighted by Gasteiger charge is 2.23. The van der Waals surface area contributed by atoms with Crippen LogP contribution in [0, 0.1) is 0 Å². The Kier molecular flexibility index (Phi) is 5.05. The molecule has 0 aliphatic carbocycles. The molecule has 0 bridgehead atoms. The lowest BCUT2D eigenvalue weighted by atomic mass is 10.1. The maximum Gasteiger partial charge on any atom is 0.231 e. The number of allylic oxidation sites excluding steroid dienone is 1. The van der Waals surface area contributed by atoms with Crippen LogP contribution in [0.2, 0.25) is 0 Å². The van der Waals surface area contributed by atoms with E-state index in [4.69, 9.17) is 0 Å². The first-order valence-electron chi connectivity index (χ1n) is 9.68. The number of nitrogens with zero attached hydrogens (tertiary/aromatic N) is 3. The minimum Gasteiger partial charge on any atom is -0.365 e. The third-order valence-electron chi connectivity index (χ3n) is 5.26. The van der Waals surface area contributed by atoms with Crippen molar-refractivity contribution in [3.63, 3.8) is 0 Å². The van der Waals surface area contributed by atoms with Crippen molar-refractivity contribution < 1.29 is 4.79 Å². The Morgan fingerprint density at radius 3 is 2.78 bits per heavy atom. The summed E-state index contributed by atoms with van der Waals surface area (Å²) in [6.45, 7) is 4.55. The SMILES string of the molecule is CCN(C(=O)Cc1ccccc1)c1ccc2c(c1)N(CC1=CCC=N1)CC2. The lowest BCUT2D eigenvalue weighted by Gasteiger charge is -2.24. The Hall–Kier alpha value is -2.88. The monoisotopic (exact) mass is 359 g/mol. The van der Waals surface area contributed by atoms with Gasteiger partial charge in [-0.2, -0.15) is 0 Å². The van der Waals surface area contributed by atoms with Gasteiger partial charge in [0, 0.05) is 37.1 Å². The van der Waals surface area contributed by atoms with Gasteiger partial charge < -0.3 is 9.80 Å². The molecular formula is C23H25N3O. The van der Waals surface area contributed by atoms with Gasteiger partial charge in [-0.05, 0) is 36.6 Å². The smallest absolute Gasteiger partial charge is 0.231 e. The minimum absolute atomic E-state index is 0.135. The summed E-state index contributed by atoms with van der Waals surface area (Å²) in [5.74, 6) is 0.135. The molecule has 1 amide bonds. The zero-order valence-electron chi connectivity index (χ0n) is 15.8. The normalized spacial score (nSPS) is 15.0. The van der Waals surface area contributed by atoms with Crippen LogP contribution in [0.15, 0.2) is 65.3 Å². The predicted octanol–water partition coefficient (Wildman–Crippen LogP) is 4.00. The molecule has 0 fully saturated rings. The molecule has 27 heavy (non-hydrogen) atoms. The predicted molar refractivity (Wildman–Crippen MR) is 112 cm³/mol. The van der Waals surface area contributed by atoms with E-state index >= 15 is 0 Å². The molecule has 4 nitrogen and oxygen atoms in total. The zero-order chi connectivity index (χ0) is 18.6. The molecule has 0 radical (unpaired) electrons. The topological polar surface area (TPSA) is 35.9 Å². The average molecular weight is 359 g/mol. The third-order valence-corrected chi connectivity index (χ3v) is 5.26. The number of likely N-dealkylation sites (N-methyl/N-ethyl adjacent to an activating group) is 1. The van der Waals surface area contributed by atoms with Crippen LogP contribution in [0.5, 0.6) is 0 Å². The molecule has 0 saturated carbocycles. The summed E-state index contributed by atoms with van der Waals surface area (Å²) < 4.78 is 0. The number of hydrogen-bond donors (Lipinski definition) is 0. The first-order chi connectivity index (χ1) is 13.2. The Morgan fingerprint density at radius 2 is 2.04 bits per heavy atom. The summed E-state index contributed by atoms with van der Waals surface area (Å²) in [6, 6.07) is 16.4. The van der Waals surface area contributed by atoms with Crippen LogP contribution in [-0.4, -0.2) is 31.8 Å². The van der Waals surface area contributed by atoms with Gasteiger partial charge in [0.15, 0.2) is 0 Å². The molecular weight excluding hydrogens is 334 g/mol. The van der Waals surface area contributed by atoms with Crippen molar-refractivity contribution >= 4 is 23.5 Å². The molecule has 2 aromatic carbocycles. The van der Waals surface area contributed by atoms with Crippen LogP contribution in [0.25, 0.3) is 0 Å². The van der Waals surface area contributed by atoms with Crippen molar-refractivity contribution in [2.24, 2.45) is 4.99 Å². The van der Waals surface area contributed by atoms with Crippen LogP contribution < -0.4 is 9.80 Å². The van der Waals surface area contributed by atoms with Crippen LogP contribution in [0.1, 0.15) is 24.5 Å². The van der Waals surface area contributed by atoms with E-state index in [9.17, 15) is 4.79 Å². The second-order valence-electron chi connectivity index (χ2n) is 7.03. The molecule has 0 spiro atoms. The number of aliphatic imine (C=N–C) groups is 1. The number of carbonyl (C=O) groups excluding carboxylic acids is 1. The van der Waals surface area contributed by atoms with E-state index in [0.717, 1.165) is 42.9 Å². The molecule has 2 aliphatic rings. The minimum atomic E-state index is 0.135. The van der Waals surface area contributed by atoms with E-state index < -0.39 is 0 Å². The van der Waals surface area contributed by atoms with Crippen molar-refractivity contribution in [2.75, 3.05) is 29.4 Å². The van der Waals surface area contributed by atoms with Gasteiger partial charge in [-0.3, -0.25) is 9.79 Å². The molecule has 0 unspecified atom stereocenters. The summed E-state index contributed by atoms with van der Waals surface area (Å²) in [5, 5.41) is 0. The van der Waals surface area contributed by atoms with E-state index in [-0.39, 0.29) is 5.91 Å². The highest BCUT2D eigenvalue weighted by atomic mass is 16.2. The van der Waals surface area contributed by atoms with E-state index in [2.05, 4.69) is 34.2 Å². The summed E-state index contributed by atoms with van der Waals surface area (Å²) >= 11 is 0. The van der Waals surface area contributed by atoms with E-state index in [1.165, 1.54) is 11.3 Å². The number of hydrogen-bond acceptors (Lipinski definition) is 3. The second kappa shape index (κ2) is 7.78. The second-order valence-corrected chi connectivity index (χ2v) is 7.03. The number of benzene rings is 2. The van der Waals surface area contributed by atoms with Crippen LogP contribution in [-0.2, 0) is 17.6 Å². The first-order valence-corrected chi connectivity index (χ1v) is 9.68. The van der Waals surface area contributed by atoms with Gasteiger partial charge in [-0.15, -0.1) is 0 Å². The molecule has 2 aliphatic heterocycles. The van der Waals surface area contributed by atoms with Crippen molar-refractivity contribution in [1.82, 2.24) is 0 Å². The van der Waals surface area contributed by atoms with Crippen molar-refractivity contribution in [3.8, 4) is 0 Å². The fraction of sp³-hybridized carbons (Fsp3) is 0.304. The van der Waals surface area contributed by atoms with Crippen molar-refractivity contribution in [3.05, 3.63) is 71.4 Å². The van der Waals surface area contributed by atoms with Gasteiger partial charge in [0.05, 0.1) is 18.7 Å². The number of rotatable bonds is 6. The molecule has 0 N–H and O–H groups in total. The van der Waals surface area contributed by atoms with Crippen molar-refractivity contribution in [1.29, 1.82) is 0 Å². The standard InChI is InChI=1S/C23H25N3O/c1-2-26(23(27)15-18-7-4-3-5-8-18)21-11-10-19-12-14-25(22(19)16-21)17-20-9-6-13-24-20/h3-5,7-11,13,16H,2,6,12,14-15,17H2,1H3. The molecule has 0 atom stereocenters. The van der Waals surface area contributed by atoms with E-state index in [0.29, 0.717) is 13.0 Å². The highest BCUT2D eigenvalue weighted by Crippen LogP contribution is 2.33. The first kappa shape index (κ1) is 17.5.